The van der Waals surface area contributed by atoms with E-state index < -0.39 is 5.41 Å². The Kier molecular flexibility index (Phi) is 7.46. The number of carbonyl (C=O) groups excluding carboxylic acids is 2. The Bertz CT molecular complexity index is 559. The zero-order valence-electron chi connectivity index (χ0n) is 16.0. The maximum absolute atomic E-state index is 12.9. The Labute approximate surface area is 146 Å². The molecular weight excluding hydrogens is 300 g/mol. The van der Waals surface area contributed by atoms with Crippen LogP contribution in [0.1, 0.15) is 65.9 Å². The van der Waals surface area contributed by atoms with Crippen molar-refractivity contribution >= 4 is 17.5 Å². The minimum atomic E-state index is -1.09. The minimum Gasteiger partial charge on any atom is -0.342 e. The van der Waals surface area contributed by atoms with Crippen molar-refractivity contribution in [3.05, 3.63) is 29.8 Å². The predicted octanol–water partition coefficient (Wildman–Crippen LogP) is 4.42. The molecule has 4 nitrogen and oxygen atoms in total. The van der Waals surface area contributed by atoms with Crippen molar-refractivity contribution in [1.82, 2.24) is 4.90 Å². The molecule has 1 aromatic rings. The Morgan fingerprint density at radius 3 is 2.12 bits per heavy atom. The molecule has 1 N–H and O–H groups in total. The third-order valence-electron chi connectivity index (χ3n) is 4.21. The lowest BCUT2D eigenvalue weighted by atomic mass is 9.89. The number of hydrogen-bond donors (Lipinski definition) is 1. The molecule has 0 fully saturated rings. The summed E-state index contributed by atoms with van der Waals surface area (Å²) in [5.41, 5.74) is 0.776. The fraction of sp³-hybridized carbons (Fsp3) is 0.600. The lowest BCUT2D eigenvalue weighted by molar-refractivity contribution is -0.146. The first-order valence-corrected chi connectivity index (χ1v) is 8.95. The molecule has 0 bridgehead atoms. The van der Waals surface area contributed by atoms with E-state index in [0.29, 0.717) is 19.0 Å². The molecule has 0 saturated heterocycles. The average molecular weight is 332 g/mol. The summed E-state index contributed by atoms with van der Waals surface area (Å²) < 4.78 is 0. The number of nitrogens with one attached hydrogen (secondary N) is 1. The zero-order chi connectivity index (χ0) is 18.3. The van der Waals surface area contributed by atoms with Gasteiger partial charge in [0.05, 0.1) is 0 Å². The quantitative estimate of drug-likeness (QED) is 0.716. The van der Waals surface area contributed by atoms with Gasteiger partial charge in [-0.3, -0.25) is 9.59 Å². The largest absolute Gasteiger partial charge is 0.342 e. The van der Waals surface area contributed by atoms with Crippen molar-refractivity contribution in [3.8, 4) is 0 Å². The molecule has 24 heavy (non-hydrogen) atoms. The second kappa shape index (κ2) is 8.86. The van der Waals surface area contributed by atoms with E-state index in [4.69, 9.17) is 0 Å². The van der Waals surface area contributed by atoms with Gasteiger partial charge in [-0.15, -0.1) is 0 Å². The van der Waals surface area contributed by atoms with Gasteiger partial charge < -0.3 is 10.2 Å². The minimum absolute atomic E-state index is 0.106. The van der Waals surface area contributed by atoms with Crippen LogP contribution in [0, 0.1) is 5.41 Å². The summed E-state index contributed by atoms with van der Waals surface area (Å²) in [5.74, 6) is -0.0551. The maximum Gasteiger partial charge on any atom is 0.239 e. The van der Waals surface area contributed by atoms with Crippen molar-refractivity contribution in [1.29, 1.82) is 0 Å². The number of rotatable bonds is 8. The lowest BCUT2D eigenvalue weighted by Gasteiger charge is -2.31. The predicted molar refractivity (Wildman–Crippen MR) is 100 cm³/mol. The summed E-state index contributed by atoms with van der Waals surface area (Å²) in [6.07, 6.45) is 1.78. The van der Waals surface area contributed by atoms with Gasteiger partial charge in [0.2, 0.25) is 11.8 Å². The highest BCUT2D eigenvalue weighted by molar-refractivity contribution is 6.10. The molecule has 4 heteroatoms. The fourth-order valence-electron chi connectivity index (χ4n) is 2.74. The number of benzene rings is 1. The summed E-state index contributed by atoms with van der Waals surface area (Å²) in [6.45, 7) is 13.1. The van der Waals surface area contributed by atoms with Crippen LogP contribution in [0.5, 0.6) is 0 Å². The fourth-order valence-corrected chi connectivity index (χ4v) is 2.74. The van der Waals surface area contributed by atoms with Crippen molar-refractivity contribution in [2.24, 2.45) is 5.41 Å². The molecule has 0 aromatic heterocycles. The van der Waals surface area contributed by atoms with Crippen LogP contribution >= 0.6 is 0 Å². The van der Waals surface area contributed by atoms with Crippen LogP contribution < -0.4 is 5.32 Å². The molecule has 134 valence electrons. The van der Waals surface area contributed by atoms with Crippen molar-refractivity contribution in [2.75, 3.05) is 18.4 Å². The monoisotopic (exact) mass is 332 g/mol. The summed E-state index contributed by atoms with van der Waals surface area (Å²) >= 11 is 0. The third kappa shape index (κ3) is 4.83. The molecule has 0 heterocycles. The van der Waals surface area contributed by atoms with E-state index in [2.05, 4.69) is 19.2 Å². The first-order chi connectivity index (χ1) is 11.3. The molecule has 1 rings (SSSR count). The molecule has 1 aromatic carbocycles. The highest BCUT2D eigenvalue weighted by Crippen LogP contribution is 2.27. The topological polar surface area (TPSA) is 49.4 Å². The van der Waals surface area contributed by atoms with Gasteiger partial charge in [-0.2, -0.15) is 0 Å². The van der Waals surface area contributed by atoms with E-state index in [0.717, 1.165) is 24.1 Å². The highest BCUT2D eigenvalue weighted by atomic mass is 16.2. The Morgan fingerprint density at radius 1 is 1.08 bits per heavy atom. The zero-order valence-corrected chi connectivity index (χ0v) is 16.0. The Morgan fingerprint density at radius 2 is 1.62 bits per heavy atom. The van der Waals surface area contributed by atoms with E-state index in [1.807, 2.05) is 38.1 Å². The van der Waals surface area contributed by atoms with Crippen molar-refractivity contribution in [2.45, 2.75) is 60.3 Å². The molecular formula is C20H32N2O2. The van der Waals surface area contributed by atoms with Crippen LogP contribution in [0.3, 0.4) is 0 Å². The van der Waals surface area contributed by atoms with E-state index in [1.165, 1.54) is 0 Å². The van der Waals surface area contributed by atoms with E-state index >= 15 is 0 Å². The number of nitrogens with zero attached hydrogens (tertiary/aromatic N) is 1. The first kappa shape index (κ1) is 20.2. The van der Waals surface area contributed by atoms with Gasteiger partial charge in [0, 0.05) is 18.8 Å². The van der Waals surface area contributed by atoms with Gasteiger partial charge in [-0.1, -0.05) is 45.9 Å². The maximum atomic E-state index is 12.9. The van der Waals surface area contributed by atoms with Crippen LogP contribution in [0.4, 0.5) is 5.69 Å². The van der Waals surface area contributed by atoms with E-state index in [-0.39, 0.29) is 11.8 Å². The summed E-state index contributed by atoms with van der Waals surface area (Å²) in [4.78, 5) is 27.5. The molecule has 0 atom stereocenters. The molecule has 0 spiro atoms. The van der Waals surface area contributed by atoms with Crippen LogP contribution in [0.2, 0.25) is 0 Å². The van der Waals surface area contributed by atoms with Gasteiger partial charge in [-0.25, -0.2) is 0 Å². The average Bonchev–Trinajstić information content (AvgIpc) is 2.54. The lowest BCUT2D eigenvalue weighted by Crippen LogP contribution is -2.48. The Balaban J connectivity index is 2.98. The van der Waals surface area contributed by atoms with E-state index in [9.17, 15) is 9.59 Å². The van der Waals surface area contributed by atoms with Crippen LogP contribution in [0.15, 0.2) is 24.3 Å². The molecule has 0 radical (unpaired) electrons. The Hall–Kier alpha value is -1.84. The van der Waals surface area contributed by atoms with Gasteiger partial charge in [0.15, 0.2) is 0 Å². The second-order valence-electron chi connectivity index (χ2n) is 7.11. The number of amides is 2. The van der Waals surface area contributed by atoms with Crippen molar-refractivity contribution in [3.63, 3.8) is 0 Å². The van der Waals surface area contributed by atoms with Gasteiger partial charge in [-0.05, 0) is 44.2 Å². The molecule has 0 saturated carbocycles. The molecule has 0 aliphatic heterocycles. The molecule has 0 unspecified atom stereocenters. The van der Waals surface area contributed by atoms with Crippen molar-refractivity contribution < 1.29 is 9.59 Å². The van der Waals surface area contributed by atoms with Crippen LogP contribution in [-0.2, 0) is 9.59 Å². The second-order valence-corrected chi connectivity index (χ2v) is 7.11. The summed E-state index contributed by atoms with van der Waals surface area (Å²) in [7, 11) is 0. The third-order valence-corrected chi connectivity index (χ3v) is 4.21. The van der Waals surface area contributed by atoms with E-state index in [1.54, 1.807) is 18.7 Å². The van der Waals surface area contributed by atoms with Gasteiger partial charge in [0.1, 0.15) is 5.41 Å². The van der Waals surface area contributed by atoms with Crippen LogP contribution in [0.25, 0.3) is 0 Å². The summed E-state index contributed by atoms with van der Waals surface area (Å²) in [6, 6.07) is 7.77. The molecule has 2 amide bonds. The number of carbonyl (C=O) groups is 2. The normalized spacial score (nSPS) is 11.5. The summed E-state index contributed by atoms with van der Waals surface area (Å²) in [5, 5.41) is 2.97. The number of anilines is 1. The highest BCUT2D eigenvalue weighted by Gasteiger charge is 2.39. The first-order valence-electron chi connectivity index (χ1n) is 8.95. The van der Waals surface area contributed by atoms with Gasteiger partial charge >= 0.3 is 0 Å². The standard InChI is InChI=1S/C20H32N2O2/c1-7-13-22(14-8-2)19(24)20(5,6)18(23)21-17-12-10-9-11-16(17)15(3)4/h9-12,15H,7-8,13-14H2,1-6H3,(H,21,23). The van der Waals surface area contributed by atoms with Crippen LogP contribution in [-0.4, -0.2) is 29.8 Å². The number of hydrogen-bond acceptors (Lipinski definition) is 2. The number of para-hydroxylation sites is 1. The molecule has 0 aliphatic carbocycles. The SMILES string of the molecule is CCCN(CCC)C(=O)C(C)(C)C(=O)Nc1ccccc1C(C)C. The molecule has 0 aliphatic rings. The van der Waals surface area contributed by atoms with Gasteiger partial charge in [0.25, 0.3) is 0 Å². The smallest absolute Gasteiger partial charge is 0.239 e.